The van der Waals surface area contributed by atoms with Crippen molar-refractivity contribution < 1.29 is 9.13 Å². The molecule has 1 heterocycles. The van der Waals surface area contributed by atoms with Crippen molar-refractivity contribution in [3.05, 3.63) is 34.3 Å². The molecule has 5 nitrogen and oxygen atoms in total. The quantitative estimate of drug-likeness (QED) is 0.851. The first kappa shape index (κ1) is 13.6. The second-order valence-corrected chi connectivity index (χ2v) is 4.34. The van der Waals surface area contributed by atoms with Gasteiger partial charge in [-0.25, -0.2) is 9.37 Å². The van der Waals surface area contributed by atoms with Crippen LogP contribution >= 0.6 is 23.2 Å². The molecule has 0 radical (unpaired) electrons. The van der Waals surface area contributed by atoms with E-state index in [0.717, 1.165) is 0 Å². The van der Waals surface area contributed by atoms with Crippen molar-refractivity contribution in [3.8, 4) is 5.88 Å². The molecular weight excluding hydrogens is 294 g/mol. The van der Waals surface area contributed by atoms with Crippen molar-refractivity contribution in [2.75, 3.05) is 18.2 Å². The van der Waals surface area contributed by atoms with Gasteiger partial charge >= 0.3 is 0 Å². The molecule has 0 bridgehead atoms. The molecule has 0 spiro atoms. The third-order valence-corrected chi connectivity index (χ3v) is 2.84. The molecule has 2 rings (SSSR count). The number of rotatable bonds is 3. The van der Waals surface area contributed by atoms with E-state index in [-0.39, 0.29) is 21.6 Å². The molecule has 2 aromatic rings. The van der Waals surface area contributed by atoms with Gasteiger partial charge < -0.3 is 15.8 Å². The second kappa shape index (κ2) is 5.46. The van der Waals surface area contributed by atoms with Crippen LogP contribution in [0.5, 0.6) is 5.88 Å². The average molecular weight is 303 g/mol. The smallest absolute Gasteiger partial charge is 0.242 e. The fourth-order valence-corrected chi connectivity index (χ4v) is 1.89. The molecule has 8 heteroatoms. The number of ether oxygens (including phenoxy) is 1. The number of nitrogens with two attached hydrogens (primary N) is 1. The minimum absolute atomic E-state index is 0.102. The zero-order valence-electron chi connectivity index (χ0n) is 9.75. The van der Waals surface area contributed by atoms with E-state index in [1.165, 1.54) is 25.6 Å². The number of halogens is 3. The SMILES string of the molecule is COc1ncnc(Nc2cc(Cl)c(F)c(Cl)c2)c1N. The number of hydrogen-bond acceptors (Lipinski definition) is 5. The molecule has 0 aliphatic rings. The Morgan fingerprint density at radius 2 is 1.89 bits per heavy atom. The summed E-state index contributed by atoms with van der Waals surface area (Å²) in [5, 5.41) is 2.66. The van der Waals surface area contributed by atoms with Gasteiger partial charge in [0.15, 0.2) is 11.6 Å². The third-order valence-electron chi connectivity index (χ3n) is 2.29. The lowest BCUT2D eigenvalue weighted by molar-refractivity contribution is 0.399. The maximum atomic E-state index is 13.3. The first-order chi connectivity index (χ1) is 9.02. The zero-order chi connectivity index (χ0) is 14.0. The Labute approximate surface area is 118 Å². The van der Waals surface area contributed by atoms with Crippen molar-refractivity contribution in [3.63, 3.8) is 0 Å². The van der Waals surface area contributed by atoms with Crippen LogP contribution in [0.25, 0.3) is 0 Å². The van der Waals surface area contributed by atoms with Gasteiger partial charge in [-0.3, -0.25) is 0 Å². The van der Waals surface area contributed by atoms with Crippen LogP contribution in [0.4, 0.5) is 21.6 Å². The summed E-state index contributed by atoms with van der Waals surface area (Å²) in [4.78, 5) is 7.79. The topological polar surface area (TPSA) is 73.1 Å². The number of hydrogen-bond donors (Lipinski definition) is 2. The fourth-order valence-electron chi connectivity index (χ4n) is 1.41. The highest BCUT2D eigenvalue weighted by Gasteiger charge is 2.11. The lowest BCUT2D eigenvalue weighted by Crippen LogP contribution is -2.03. The molecule has 0 saturated carbocycles. The number of aromatic nitrogens is 2. The van der Waals surface area contributed by atoms with E-state index in [4.69, 9.17) is 33.7 Å². The van der Waals surface area contributed by atoms with E-state index in [1.54, 1.807) is 0 Å². The minimum atomic E-state index is -0.679. The van der Waals surface area contributed by atoms with Crippen molar-refractivity contribution in [2.24, 2.45) is 0 Å². The van der Waals surface area contributed by atoms with E-state index in [0.29, 0.717) is 11.5 Å². The summed E-state index contributed by atoms with van der Waals surface area (Å²) < 4.78 is 18.2. The lowest BCUT2D eigenvalue weighted by atomic mass is 10.3. The largest absolute Gasteiger partial charge is 0.479 e. The van der Waals surface area contributed by atoms with Crippen LogP contribution in [0.3, 0.4) is 0 Å². The van der Waals surface area contributed by atoms with Gasteiger partial charge in [0, 0.05) is 5.69 Å². The van der Waals surface area contributed by atoms with Crippen LogP contribution < -0.4 is 15.8 Å². The summed E-state index contributed by atoms with van der Waals surface area (Å²) >= 11 is 11.4. The van der Waals surface area contributed by atoms with E-state index in [9.17, 15) is 4.39 Å². The predicted octanol–water partition coefficient (Wildman–Crippen LogP) is 3.26. The van der Waals surface area contributed by atoms with Gasteiger partial charge in [-0.05, 0) is 12.1 Å². The normalized spacial score (nSPS) is 10.3. The summed E-state index contributed by atoms with van der Waals surface area (Å²) in [7, 11) is 1.44. The fraction of sp³-hybridized carbons (Fsp3) is 0.0909. The first-order valence-electron chi connectivity index (χ1n) is 5.09. The number of nitrogens with zero attached hydrogens (tertiary/aromatic N) is 2. The Hall–Kier alpha value is -1.79. The summed E-state index contributed by atoms with van der Waals surface area (Å²) in [6.45, 7) is 0. The van der Waals surface area contributed by atoms with Crippen molar-refractivity contribution in [1.29, 1.82) is 0 Å². The summed E-state index contributed by atoms with van der Waals surface area (Å²) in [6, 6.07) is 2.74. The maximum absolute atomic E-state index is 13.3. The highest BCUT2D eigenvalue weighted by molar-refractivity contribution is 6.35. The minimum Gasteiger partial charge on any atom is -0.479 e. The zero-order valence-corrected chi connectivity index (χ0v) is 11.3. The molecule has 0 fully saturated rings. The molecule has 0 aliphatic heterocycles. The summed E-state index contributed by atoms with van der Waals surface area (Å²) in [6.07, 6.45) is 1.28. The van der Waals surface area contributed by atoms with Crippen molar-refractivity contribution in [1.82, 2.24) is 9.97 Å². The van der Waals surface area contributed by atoms with Crippen molar-refractivity contribution >= 4 is 40.4 Å². The van der Waals surface area contributed by atoms with Crippen molar-refractivity contribution in [2.45, 2.75) is 0 Å². The molecule has 100 valence electrons. The highest BCUT2D eigenvalue weighted by Crippen LogP contribution is 2.31. The van der Waals surface area contributed by atoms with E-state index in [2.05, 4.69) is 15.3 Å². The molecule has 0 unspecified atom stereocenters. The molecule has 1 aromatic carbocycles. The lowest BCUT2D eigenvalue weighted by Gasteiger charge is -2.11. The van der Waals surface area contributed by atoms with E-state index in [1.807, 2.05) is 0 Å². The summed E-state index contributed by atoms with van der Waals surface area (Å²) in [5.74, 6) is -0.135. The van der Waals surface area contributed by atoms with Gasteiger partial charge in [-0.15, -0.1) is 0 Å². The number of nitrogens with one attached hydrogen (secondary N) is 1. The second-order valence-electron chi connectivity index (χ2n) is 3.52. The monoisotopic (exact) mass is 302 g/mol. The molecule has 1 aromatic heterocycles. The third kappa shape index (κ3) is 2.80. The molecule has 19 heavy (non-hydrogen) atoms. The number of anilines is 3. The molecule has 0 aliphatic carbocycles. The Morgan fingerprint density at radius 1 is 1.26 bits per heavy atom. The van der Waals surface area contributed by atoms with Crippen LogP contribution in [-0.4, -0.2) is 17.1 Å². The Morgan fingerprint density at radius 3 is 2.47 bits per heavy atom. The van der Waals surface area contributed by atoms with E-state index >= 15 is 0 Å². The molecule has 0 saturated heterocycles. The average Bonchev–Trinajstić information content (AvgIpc) is 2.38. The van der Waals surface area contributed by atoms with Crippen LogP contribution in [0, 0.1) is 5.82 Å². The molecule has 0 atom stereocenters. The molecule has 0 amide bonds. The van der Waals surface area contributed by atoms with Gasteiger partial charge in [-0.1, -0.05) is 23.2 Å². The summed E-state index contributed by atoms with van der Waals surface area (Å²) in [5.41, 5.74) is 6.47. The number of methoxy groups -OCH3 is 1. The highest BCUT2D eigenvalue weighted by atomic mass is 35.5. The van der Waals surface area contributed by atoms with Gasteiger partial charge in [0.05, 0.1) is 17.2 Å². The van der Waals surface area contributed by atoms with E-state index < -0.39 is 5.82 Å². The van der Waals surface area contributed by atoms with Crippen LogP contribution in [0.15, 0.2) is 18.5 Å². The number of nitrogen functional groups attached to an aromatic ring is 1. The Balaban J connectivity index is 2.36. The van der Waals surface area contributed by atoms with Crippen LogP contribution in [-0.2, 0) is 0 Å². The Kier molecular flexibility index (Phi) is 3.92. The van der Waals surface area contributed by atoms with Gasteiger partial charge in [0.2, 0.25) is 5.88 Å². The first-order valence-corrected chi connectivity index (χ1v) is 5.84. The van der Waals surface area contributed by atoms with Gasteiger partial charge in [0.25, 0.3) is 0 Å². The van der Waals surface area contributed by atoms with Crippen LogP contribution in [0.1, 0.15) is 0 Å². The Bertz CT molecular complexity index is 601. The maximum Gasteiger partial charge on any atom is 0.242 e. The van der Waals surface area contributed by atoms with Gasteiger partial charge in [0.1, 0.15) is 12.0 Å². The molecular formula is C11H9Cl2FN4O. The predicted molar refractivity (Wildman–Crippen MR) is 72.7 cm³/mol. The molecule has 3 N–H and O–H groups in total. The standard InChI is InChI=1S/C11H9Cl2FN4O/c1-19-11-9(15)10(16-4-17-11)18-5-2-6(12)8(14)7(13)3-5/h2-4H,15H2,1H3,(H,16,17,18). The number of benzene rings is 1. The van der Waals surface area contributed by atoms with Crippen LogP contribution in [0.2, 0.25) is 10.0 Å². The van der Waals surface area contributed by atoms with Gasteiger partial charge in [-0.2, -0.15) is 4.98 Å².